The van der Waals surface area contributed by atoms with Crippen LogP contribution in [0.25, 0.3) is 0 Å². The molecule has 0 unspecified atom stereocenters. The van der Waals surface area contributed by atoms with Crippen molar-refractivity contribution in [2.24, 2.45) is 5.92 Å². The number of hydrazine groups is 1. The first-order valence-corrected chi connectivity index (χ1v) is 10.3. The highest BCUT2D eigenvalue weighted by Crippen LogP contribution is 2.14. The summed E-state index contributed by atoms with van der Waals surface area (Å²) in [4.78, 5) is 25.5. The van der Waals surface area contributed by atoms with Crippen LogP contribution in [0.5, 0.6) is 5.75 Å². The molecule has 28 heavy (non-hydrogen) atoms. The van der Waals surface area contributed by atoms with Crippen LogP contribution in [0.15, 0.2) is 53.4 Å². The Morgan fingerprint density at radius 1 is 1.04 bits per heavy atom. The number of hydrogen-bond acceptors (Lipinski definition) is 5. The molecule has 7 nitrogen and oxygen atoms in total. The summed E-state index contributed by atoms with van der Waals surface area (Å²) in [6.07, 6.45) is 0.925. The third-order valence-electron chi connectivity index (χ3n) is 3.93. The van der Waals surface area contributed by atoms with Crippen LogP contribution in [0, 0.1) is 5.92 Å². The Morgan fingerprint density at radius 3 is 2.32 bits per heavy atom. The highest BCUT2D eigenvalue weighted by molar-refractivity contribution is 7.89. The molecule has 0 fully saturated rings. The zero-order valence-electron chi connectivity index (χ0n) is 16.1. The van der Waals surface area contributed by atoms with Gasteiger partial charge in [0, 0.05) is 11.1 Å². The van der Waals surface area contributed by atoms with Crippen molar-refractivity contribution in [2.75, 3.05) is 6.61 Å². The van der Waals surface area contributed by atoms with Gasteiger partial charge in [0.05, 0.1) is 11.5 Å². The zero-order valence-corrected chi connectivity index (χ0v) is 16.9. The summed E-state index contributed by atoms with van der Waals surface area (Å²) < 4.78 is 30.2. The number of ketones is 1. The number of rotatable bonds is 9. The molecule has 0 saturated carbocycles. The largest absolute Gasteiger partial charge is 0.494 e. The molecule has 0 bridgehead atoms. The highest BCUT2D eigenvalue weighted by Gasteiger charge is 2.17. The first-order valence-electron chi connectivity index (χ1n) is 8.85. The van der Waals surface area contributed by atoms with E-state index in [1.807, 2.05) is 4.83 Å². The summed E-state index contributed by atoms with van der Waals surface area (Å²) >= 11 is 0. The molecule has 0 heterocycles. The Bertz CT molecular complexity index is 937. The molecule has 0 saturated heterocycles. The molecule has 0 aliphatic heterocycles. The topological polar surface area (TPSA) is 102 Å². The molecule has 0 radical (unpaired) electrons. The first kappa shape index (κ1) is 21.6. The summed E-state index contributed by atoms with van der Waals surface area (Å²) in [7, 11) is -4.01. The van der Waals surface area contributed by atoms with Crippen molar-refractivity contribution in [3.8, 4) is 5.75 Å². The molecule has 0 aliphatic carbocycles. The number of amides is 1. The number of carbonyl (C=O) groups is 2. The number of ether oxygens (including phenoxy) is 1. The summed E-state index contributed by atoms with van der Waals surface area (Å²) in [5.41, 5.74) is 2.70. The van der Waals surface area contributed by atoms with Crippen molar-refractivity contribution in [3.05, 3.63) is 59.7 Å². The van der Waals surface area contributed by atoms with Crippen LogP contribution in [-0.2, 0) is 10.0 Å². The Hall–Kier alpha value is -2.71. The van der Waals surface area contributed by atoms with Crippen molar-refractivity contribution in [1.29, 1.82) is 0 Å². The second-order valence-corrected chi connectivity index (χ2v) is 8.38. The maximum absolute atomic E-state index is 12.3. The quantitative estimate of drug-likeness (QED) is 0.494. The highest BCUT2D eigenvalue weighted by atomic mass is 32.2. The van der Waals surface area contributed by atoms with Gasteiger partial charge in [0.1, 0.15) is 5.75 Å². The van der Waals surface area contributed by atoms with E-state index in [2.05, 4.69) is 19.3 Å². The van der Waals surface area contributed by atoms with Gasteiger partial charge in [0.15, 0.2) is 5.78 Å². The first-order chi connectivity index (χ1) is 13.2. The molecule has 0 atom stereocenters. The zero-order chi connectivity index (χ0) is 20.7. The summed E-state index contributed by atoms with van der Waals surface area (Å²) in [6.45, 7) is 6.14. The second-order valence-electron chi connectivity index (χ2n) is 6.70. The average Bonchev–Trinajstić information content (AvgIpc) is 2.66. The fraction of sp³-hybridized carbons (Fsp3) is 0.300. The van der Waals surface area contributed by atoms with Crippen LogP contribution in [0.1, 0.15) is 47.9 Å². The number of Topliss-reactive ketones (excluding diaryl/α,β-unsaturated/α-hetero) is 1. The van der Waals surface area contributed by atoms with E-state index in [0.29, 0.717) is 18.3 Å². The number of benzene rings is 2. The van der Waals surface area contributed by atoms with Crippen LogP contribution in [0.2, 0.25) is 0 Å². The van der Waals surface area contributed by atoms with Gasteiger partial charge in [-0.1, -0.05) is 26.0 Å². The minimum Gasteiger partial charge on any atom is -0.494 e. The molecular formula is C20H24N2O5S. The monoisotopic (exact) mass is 404 g/mol. The van der Waals surface area contributed by atoms with Gasteiger partial charge in [-0.2, -0.15) is 0 Å². The van der Waals surface area contributed by atoms with E-state index in [4.69, 9.17) is 4.74 Å². The van der Waals surface area contributed by atoms with Crippen LogP contribution in [0.4, 0.5) is 0 Å². The van der Waals surface area contributed by atoms with E-state index < -0.39 is 15.9 Å². The van der Waals surface area contributed by atoms with Gasteiger partial charge in [0.25, 0.3) is 15.9 Å². The molecule has 0 aromatic heterocycles. The van der Waals surface area contributed by atoms with Gasteiger partial charge in [-0.05, 0) is 55.7 Å². The Morgan fingerprint density at radius 2 is 1.71 bits per heavy atom. The molecule has 2 aromatic carbocycles. The smallest absolute Gasteiger partial charge is 0.266 e. The Labute approximate surface area is 165 Å². The van der Waals surface area contributed by atoms with Gasteiger partial charge in [-0.15, -0.1) is 4.83 Å². The molecule has 1 amide bonds. The molecule has 150 valence electrons. The second kappa shape index (κ2) is 9.48. The molecule has 0 aliphatic rings. The number of nitrogens with one attached hydrogen (secondary N) is 2. The molecule has 2 aromatic rings. The van der Waals surface area contributed by atoms with E-state index >= 15 is 0 Å². The lowest BCUT2D eigenvalue weighted by atomic mass is 10.1. The minimum absolute atomic E-state index is 0.116. The van der Waals surface area contributed by atoms with Gasteiger partial charge in [-0.25, -0.2) is 8.42 Å². The third-order valence-corrected chi connectivity index (χ3v) is 5.18. The van der Waals surface area contributed by atoms with Crippen molar-refractivity contribution < 1.29 is 22.7 Å². The van der Waals surface area contributed by atoms with Gasteiger partial charge >= 0.3 is 0 Å². The van der Waals surface area contributed by atoms with E-state index in [0.717, 1.165) is 6.42 Å². The summed E-state index contributed by atoms with van der Waals surface area (Å²) in [6, 6.07) is 12.0. The lowest BCUT2D eigenvalue weighted by molar-refractivity contribution is 0.0944. The molecule has 2 rings (SSSR count). The van der Waals surface area contributed by atoms with E-state index in [-0.39, 0.29) is 21.8 Å². The predicted molar refractivity (Wildman–Crippen MR) is 106 cm³/mol. The Balaban J connectivity index is 1.97. The maximum atomic E-state index is 12.3. The van der Waals surface area contributed by atoms with E-state index in [1.54, 1.807) is 24.3 Å². The van der Waals surface area contributed by atoms with Crippen LogP contribution >= 0.6 is 0 Å². The normalized spacial score (nSPS) is 11.3. The summed E-state index contributed by atoms with van der Waals surface area (Å²) in [5.74, 6) is 0.310. The predicted octanol–water partition coefficient (Wildman–Crippen LogP) is 2.94. The van der Waals surface area contributed by atoms with Gasteiger partial charge in [-0.3, -0.25) is 15.0 Å². The van der Waals surface area contributed by atoms with Crippen molar-refractivity contribution in [2.45, 2.75) is 32.1 Å². The van der Waals surface area contributed by atoms with Gasteiger partial charge < -0.3 is 4.74 Å². The van der Waals surface area contributed by atoms with E-state index in [9.17, 15) is 18.0 Å². The molecule has 8 heteroatoms. The maximum Gasteiger partial charge on any atom is 0.266 e. The van der Waals surface area contributed by atoms with Crippen molar-refractivity contribution >= 4 is 21.7 Å². The third kappa shape index (κ3) is 6.17. The van der Waals surface area contributed by atoms with Crippen LogP contribution < -0.4 is 15.0 Å². The lowest BCUT2D eigenvalue weighted by Crippen LogP contribution is -2.41. The minimum atomic E-state index is -4.01. The fourth-order valence-electron chi connectivity index (χ4n) is 2.24. The van der Waals surface area contributed by atoms with Crippen molar-refractivity contribution in [3.63, 3.8) is 0 Å². The fourth-order valence-corrected chi connectivity index (χ4v) is 3.13. The molecule has 0 spiro atoms. The molecular weight excluding hydrogens is 380 g/mol. The number of carbonyl (C=O) groups excluding carboxylic acids is 2. The molecule has 2 N–H and O–H groups in total. The van der Waals surface area contributed by atoms with Crippen LogP contribution in [0.3, 0.4) is 0 Å². The average molecular weight is 404 g/mol. The number of sulfonamides is 1. The standard InChI is InChI=1S/C20H24N2O5S/c1-14(2)11-12-27-18-9-7-16(8-10-18)20(24)21-22-28(25,26)19-6-4-5-17(13-19)15(3)23/h4-10,13-14,22H,11-12H2,1-3H3,(H,21,24). The lowest BCUT2D eigenvalue weighted by Gasteiger charge is -2.10. The van der Waals surface area contributed by atoms with E-state index in [1.165, 1.54) is 31.2 Å². The number of hydrogen-bond donors (Lipinski definition) is 2. The Kier molecular flexibility index (Phi) is 7.31. The van der Waals surface area contributed by atoms with Crippen LogP contribution in [-0.4, -0.2) is 26.7 Å². The van der Waals surface area contributed by atoms with Gasteiger partial charge in [0.2, 0.25) is 0 Å². The summed E-state index contributed by atoms with van der Waals surface area (Å²) in [5, 5.41) is 0. The van der Waals surface area contributed by atoms with Crippen molar-refractivity contribution in [1.82, 2.24) is 10.3 Å². The SMILES string of the molecule is CC(=O)c1cccc(S(=O)(=O)NNC(=O)c2ccc(OCCC(C)C)cc2)c1.